The van der Waals surface area contributed by atoms with Gasteiger partial charge in [0.1, 0.15) is 5.15 Å². The first kappa shape index (κ1) is 10.5. The van der Waals surface area contributed by atoms with Crippen LogP contribution in [0.3, 0.4) is 0 Å². The van der Waals surface area contributed by atoms with E-state index in [4.69, 9.17) is 11.6 Å². The Morgan fingerprint density at radius 1 is 1.18 bits per heavy atom. The van der Waals surface area contributed by atoms with Gasteiger partial charge in [-0.25, -0.2) is 4.98 Å². The standard InChI is InChI=1S/C15H12ClN/c16-15-10-14(7-8-17-15)13-6-5-11-3-1-2-4-12(11)9-13/h1-8,10,13H,9H2. The van der Waals surface area contributed by atoms with Gasteiger partial charge >= 0.3 is 0 Å². The Morgan fingerprint density at radius 3 is 2.94 bits per heavy atom. The minimum Gasteiger partial charge on any atom is -0.245 e. The molecule has 2 heteroatoms. The topological polar surface area (TPSA) is 12.9 Å². The molecule has 0 amide bonds. The van der Waals surface area contributed by atoms with Gasteiger partial charge in [0.15, 0.2) is 0 Å². The van der Waals surface area contributed by atoms with Crippen LogP contribution in [0, 0.1) is 0 Å². The number of nitrogens with zero attached hydrogens (tertiary/aromatic N) is 1. The summed E-state index contributed by atoms with van der Waals surface area (Å²) < 4.78 is 0. The lowest BCUT2D eigenvalue weighted by atomic mass is 9.86. The number of benzene rings is 1. The lowest BCUT2D eigenvalue weighted by Crippen LogP contribution is -2.05. The first-order valence-electron chi connectivity index (χ1n) is 5.70. The molecule has 0 spiro atoms. The largest absolute Gasteiger partial charge is 0.245 e. The molecule has 84 valence electrons. The molecule has 1 unspecified atom stereocenters. The summed E-state index contributed by atoms with van der Waals surface area (Å²) in [5.74, 6) is 0.408. The molecule has 0 fully saturated rings. The molecular formula is C15H12ClN. The third-order valence-corrected chi connectivity index (χ3v) is 3.39. The SMILES string of the molecule is Clc1cc(C2C=Cc3ccccc3C2)ccn1. The van der Waals surface area contributed by atoms with Crippen LogP contribution in [-0.4, -0.2) is 4.98 Å². The molecule has 1 atom stereocenters. The molecule has 1 aromatic carbocycles. The zero-order valence-corrected chi connectivity index (χ0v) is 10.1. The Morgan fingerprint density at radius 2 is 2.06 bits per heavy atom. The maximum Gasteiger partial charge on any atom is 0.129 e. The van der Waals surface area contributed by atoms with Crippen molar-refractivity contribution in [1.82, 2.24) is 4.98 Å². The maximum absolute atomic E-state index is 5.93. The lowest BCUT2D eigenvalue weighted by molar-refractivity contribution is 0.824. The third kappa shape index (κ3) is 2.11. The van der Waals surface area contributed by atoms with Gasteiger partial charge in [-0.1, -0.05) is 48.0 Å². The Balaban J connectivity index is 1.95. The number of hydrogen-bond acceptors (Lipinski definition) is 1. The van der Waals surface area contributed by atoms with E-state index in [0.29, 0.717) is 11.1 Å². The number of halogens is 1. The van der Waals surface area contributed by atoms with Crippen molar-refractivity contribution in [3.63, 3.8) is 0 Å². The van der Waals surface area contributed by atoms with Crippen molar-refractivity contribution in [3.05, 3.63) is 70.5 Å². The smallest absolute Gasteiger partial charge is 0.129 e. The van der Waals surface area contributed by atoms with Crippen LogP contribution in [0.4, 0.5) is 0 Å². The molecule has 2 aromatic rings. The summed E-state index contributed by atoms with van der Waals surface area (Å²) >= 11 is 5.93. The van der Waals surface area contributed by atoms with E-state index in [0.717, 1.165) is 6.42 Å². The molecule has 1 heterocycles. The van der Waals surface area contributed by atoms with Crippen LogP contribution < -0.4 is 0 Å². The first-order valence-corrected chi connectivity index (χ1v) is 6.08. The molecule has 0 N–H and O–H groups in total. The molecule has 0 aliphatic heterocycles. The third-order valence-electron chi connectivity index (χ3n) is 3.18. The monoisotopic (exact) mass is 241 g/mol. The summed E-state index contributed by atoms with van der Waals surface area (Å²) in [5.41, 5.74) is 3.95. The molecule has 0 saturated heterocycles. The van der Waals surface area contributed by atoms with Gasteiger partial charge in [0.25, 0.3) is 0 Å². The van der Waals surface area contributed by atoms with Crippen LogP contribution in [0.15, 0.2) is 48.7 Å². The number of fused-ring (bicyclic) bond motifs is 1. The summed E-state index contributed by atoms with van der Waals surface area (Å²) in [7, 11) is 0. The zero-order valence-electron chi connectivity index (χ0n) is 9.31. The second kappa shape index (κ2) is 4.34. The number of hydrogen-bond donors (Lipinski definition) is 0. The molecule has 1 aliphatic carbocycles. The highest BCUT2D eigenvalue weighted by atomic mass is 35.5. The van der Waals surface area contributed by atoms with Crippen molar-refractivity contribution >= 4 is 17.7 Å². The molecule has 17 heavy (non-hydrogen) atoms. The van der Waals surface area contributed by atoms with Crippen molar-refractivity contribution < 1.29 is 0 Å². The predicted molar refractivity (Wildman–Crippen MR) is 71.2 cm³/mol. The average molecular weight is 242 g/mol. The molecule has 1 aromatic heterocycles. The number of allylic oxidation sites excluding steroid dienone is 1. The van der Waals surface area contributed by atoms with E-state index in [2.05, 4.69) is 41.4 Å². The highest BCUT2D eigenvalue weighted by molar-refractivity contribution is 6.29. The fourth-order valence-corrected chi connectivity index (χ4v) is 2.47. The molecule has 1 nitrogen and oxygen atoms in total. The van der Waals surface area contributed by atoms with Gasteiger partial charge in [-0.2, -0.15) is 0 Å². The molecule has 0 saturated carbocycles. The van der Waals surface area contributed by atoms with Crippen LogP contribution >= 0.6 is 11.6 Å². The van der Waals surface area contributed by atoms with Gasteiger partial charge in [0.2, 0.25) is 0 Å². The van der Waals surface area contributed by atoms with Crippen LogP contribution in [0.25, 0.3) is 6.08 Å². The molecule has 0 bridgehead atoms. The van der Waals surface area contributed by atoms with Gasteiger partial charge in [-0.3, -0.25) is 0 Å². The summed E-state index contributed by atoms with van der Waals surface area (Å²) in [5, 5.41) is 0.565. The van der Waals surface area contributed by atoms with E-state index in [9.17, 15) is 0 Å². The van der Waals surface area contributed by atoms with Gasteiger partial charge < -0.3 is 0 Å². The van der Waals surface area contributed by atoms with E-state index < -0.39 is 0 Å². The zero-order chi connectivity index (χ0) is 11.7. The van der Waals surface area contributed by atoms with E-state index in [1.54, 1.807) is 6.20 Å². The fourth-order valence-electron chi connectivity index (χ4n) is 2.28. The average Bonchev–Trinajstić information content (AvgIpc) is 2.38. The molecular weight excluding hydrogens is 230 g/mol. The van der Waals surface area contributed by atoms with Crippen molar-refractivity contribution in [2.24, 2.45) is 0 Å². The van der Waals surface area contributed by atoms with Crippen LogP contribution in [-0.2, 0) is 6.42 Å². The van der Waals surface area contributed by atoms with Gasteiger partial charge in [0, 0.05) is 12.1 Å². The minimum absolute atomic E-state index is 0.408. The predicted octanol–water partition coefficient (Wildman–Crippen LogP) is 4.09. The number of aromatic nitrogens is 1. The Hall–Kier alpha value is -1.60. The second-order valence-electron chi connectivity index (χ2n) is 4.28. The summed E-state index contributed by atoms with van der Waals surface area (Å²) in [6.07, 6.45) is 7.24. The quantitative estimate of drug-likeness (QED) is 0.686. The van der Waals surface area contributed by atoms with Crippen LogP contribution in [0.1, 0.15) is 22.6 Å². The van der Waals surface area contributed by atoms with E-state index in [1.807, 2.05) is 12.1 Å². The Kier molecular flexibility index (Phi) is 2.69. The summed E-state index contributed by atoms with van der Waals surface area (Å²) in [6.45, 7) is 0. The normalized spacial score (nSPS) is 17.8. The van der Waals surface area contributed by atoms with Crippen molar-refractivity contribution in [2.75, 3.05) is 0 Å². The van der Waals surface area contributed by atoms with Gasteiger partial charge in [-0.05, 0) is 35.2 Å². The molecule has 0 radical (unpaired) electrons. The minimum atomic E-state index is 0.408. The van der Waals surface area contributed by atoms with E-state index in [1.165, 1.54) is 16.7 Å². The highest BCUT2D eigenvalue weighted by Crippen LogP contribution is 2.30. The Bertz CT molecular complexity index is 575. The van der Waals surface area contributed by atoms with Crippen LogP contribution in [0.2, 0.25) is 5.15 Å². The summed E-state index contributed by atoms with van der Waals surface area (Å²) in [4.78, 5) is 4.02. The Labute approximate surface area is 106 Å². The van der Waals surface area contributed by atoms with Crippen molar-refractivity contribution in [2.45, 2.75) is 12.3 Å². The van der Waals surface area contributed by atoms with Crippen molar-refractivity contribution in [3.8, 4) is 0 Å². The van der Waals surface area contributed by atoms with Gasteiger partial charge in [0.05, 0.1) is 0 Å². The second-order valence-corrected chi connectivity index (χ2v) is 4.67. The molecule has 3 rings (SSSR count). The highest BCUT2D eigenvalue weighted by Gasteiger charge is 2.15. The van der Waals surface area contributed by atoms with Crippen molar-refractivity contribution in [1.29, 1.82) is 0 Å². The van der Waals surface area contributed by atoms with E-state index >= 15 is 0 Å². The molecule has 1 aliphatic rings. The first-order chi connectivity index (χ1) is 8.33. The number of rotatable bonds is 1. The lowest BCUT2D eigenvalue weighted by Gasteiger charge is -2.19. The van der Waals surface area contributed by atoms with Gasteiger partial charge in [-0.15, -0.1) is 0 Å². The van der Waals surface area contributed by atoms with E-state index in [-0.39, 0.29) is 0 Å². The fraction of sp³-hybridized carbons (Fsp3) is 0.133. The van der Waals surface area contributed by atoms with Crippen LogP contribution in [0.5, 0.6) is 0 Å². The number of pyridine rings is 1. The summed E-state index contributed by atoms with van der Waals surface area (Å²) in [6, 6.07) is 12.5. The maximum atomic E-state index is 5.93.